The summed E-state index contributed by atoms with van der Waals surface area (Å²) in [6.45, 7) is 0.747. The number of carbonyl (C=O) groups is 1. The third-order valence-electron chi connectivity index (χ3n) is 3.51. The Hall–Kier alpha value is -0.770. The molecule has 0 bridgehead atoms. The van der Waals surface area contributed by atoms with E-state index in [1.165, 1.54) is 32.1 Å². The minimum Gasteiger partial charge on any atom is -0.481 e. The van der Waals surface area contributed by atoms with Gasteiger partial charge in [0.1, 0.15) is 24.4 Å². The van der Waals surface area contributed by atoms with Gasteiger partial charge in [0.05, 0.1) is 13.2 Å². The van der Waals surface area contributed by atoms with E-state index in [-0.39, 0.29) is 0 Å². The van der Waals surface area contributed by atoms with Crippen LogP contribution >= 0.6 is 0 Å². The van der Waals surface area contributed by atoms with Crippen LogP contribution in [0.3, 0.4) is 0 Å². The Balaban J connectivity index is 0. The standard InChI is InChI=1S/C10H20O2.C6H14O6/c1-2-3-4-5-6-7-8-9-10(11)12;7-1-3(9)5(11)6(12)4(10)2-8/h2-9H2,1H3,(H,11,12);3-12H,1-2H2. The fourth-order valence-electron chi connectivity index (χ4n) is 1.90. The summed E-state index contributed by atoms with van der Waals surface area (Å²) in [6, 6.07) is 0. The van der Waals surface area contributed by atoms with E-state index in [1.54, 1.807) is 0 Å². The number of rotatable bonds is 13. The highest BCUT2D eigenvalue weighted by atomic mass is 16.4. The highest BCUT2D eigenvalue weighted by Gasteiger charge is 2.29. The van der Waals surface area contributed by atoms with Gasteiger partial charge in [-0.15, -0.1) is 0 Å². The molecule has 146 valence electrons. The SMILES string of the molecule is CCCCCCCCCC(=O)O.OCC(O)C(O)C(O)C(O)CO. The highest BCUT2D eigenvalue weighted by molar-refractivity contribution is 5.66. The van der Waals surface area contributed by atoms with Crippen LogP contribution in [-0.2, 0) is 4.79 Å². The number of hydrogen-bond donors (Lipinski definition) is 7. The summed E-state index contributed by atoms with van der Waals surface area (Å²) in [5.41, 5.74) is 0. The maximum atomic E-state index is 10.1. The van der Waals surface area contributed by atoms with Crippen LogP contribution in [0.2, 0.25) is 0 Å². The first-order valence-corrected chi connectivity index (χ1v) is 8.47. The van der Waals surface area contributed by atoms with E-state index in [9.17, 15) is 4.79 Å². The monoisotopic (exact) mass is 354 g/mol. The molecule has 4 atom stereocenters. The number of hydrogen-bond acceptors (Lipinski definition) is 7. The summed E-state index contributed by atoms with van der Waals surface area (Å²) in [7, 11) is 0. The van der Waals surface area contributed by atoms with E-state index in [4.69, 9.17) is 35.7 Å². The number of aliphatic hydroxyl groups excluding tert-OH is 6. The molecule has 0 saturated heterocycles. The Morgan fingerprint density at radius 3 is 1.46 bits per heavy atom. The van der Waals surface area contributed by atoms with Gasteiger partial charge in [-0.2, -0.15) is 0 Å². The molecule has 0 aliphatic carbocycles. The smallest absolute Gasteiger partial charge is 0.303 e. The predicted molar refractivity (Wildman–Crippen MR) is 88.4 cm³/mol. The third kappa shape index (κ3) is 14.8. The van der Waals surface area contributed by atoms with E-state index in [0.29, 0.717) is 6.42 Å². The van der Waals surface area contributed by atoms with Crippen molar-refractivity contribution in [2.24, 2.45) is 0 Å². The van der Waals surface area contributed by atoms with E-state index in [2.05, 4.69) is 6.92 Å². The van der Waals surface area contributed by atoms with E-state index < -0.39 is 43.6 Å². The summed E-state index contributed by atoms with van der Waals surface area (Å²) in [6.07, 6.45) is 2.25. The van der Waals surface area contributed by atoms with Gasteiger partial charge < -0.3 is 35.7 Å². The molecule has 0 rings (SSSR count). The van der Waals surface area contributed by atoms with Gasteiger partial charge in [-0.3, -0.25) is 4.79 Å². The van der Waals surface area contributed by atoms with Crippen molar-refractivity contribution >= 4 is 5.97 Å². The predicted octanol–water partition coefficient (Wildman–Crippen LogP) is -0.374. The van der Waals surface area contributed by atoms with Gasteiger partial charge in [0.15, 0.2) is 0 Å². The Labute approximate surface area is 143 Å². The van der Waals surface area contributed by atoms with Crippen molar-refractivity contribution < 1.29 is 40.5 Å². The Kier molecular flexibility index (Phi) is 18.1. The minimum absolute atomic E-state index is 0.341. The average Bonchev–Trinajstić information content (AvgIpc) is 2.58. The van der Waals surface area contributed by atoms with Crippen LogP contribution in [0.5, 0.6) is 0 Å². The number of carboxylic acids is 1. The van der Waals surface area contributed by atoms with Crippen LogP contribution in [0.15, 0.2) is 0 Å². The van der Waals surface area contributed by atoms with Gasteiger partial charge in [-0.1, -0.05) is 45.4 Å². The van der Waals surface area contributed by atoms with E-state index in [1.807, 2.05) is 0 Å². The summed E-state index contributed by atoms with van der Waals surface area (Å²) >= 11 is 0. The fourth-order valence-corrected chi connectivity index (χ4v) is 1.90. The van der Waals surface area contributed by atoms with Gasteiger partial charge >= 0.3 is 5.97 Å². The zero-order valence-corrected chi connectivity index (χ0v) is 14.4. The van der Waals surface area contributed by atoms with Crippen LogP contribution < -0.4 is 0 Å². The maximum Gasteiger partial charge on any atom is 0.303 e. The molecule has 0 heterocycles. The lowest BCUT2D eigenvalue weighted by molar-refractivity contribution is -0.137. The lowest BCUT2D eigenvalue weighted by Crippen LogP contribution is -2.46. The average molecular weight is 354 g/mol. The van der Waals surface area contributed by atoms with Gasteiger partial charge in [0.25, 0.3) is 0 Å². The van der Waals surface area contributed by atoms with Gasteiger partial charge in [0.2, 0.25) is 0 Å². The van der Waals surface area contributed by atoms with Gasteiger partial charge in [-0.05, 0) is 6.42 Å². The summed E-state index contributed by atoms with van der Waals surface area (Å²) in [5.74, 6) is -0.663. The number of unbranched alkanes of at least 4 members (excludes halogenated alkanes) is 6. The van der Waals surface area contributed by atoms with Crippen molar-refractivity contribution in [3.63, 3.8) is 0 Å². The van der Waals surface area contributed by atoms with Crippen LogP contribution in [0.1, 0.15) is 58.3 Å². The molecule has 0 aromatic heterocycles. The lowest BCUT2D eigenvalue weighted by Gasteiger charge is -2.24. The second-order valence-electron chi connectivity index (χ2n) is 5.75. The summed E-state index contributed by atoms with van der Waals surface area (Å²) in [4.78, 5) is 10.1. The first-order valence-electron chi connectivity index (χ1n) is 8.47. The fraction of sp³-hybridized carbons (Fsp3) is 0.938. The van der Waals surface area contributed by atoms with Crippen molar-refractivity contribution in [1.29, 1.82) is 0 Å². The normalized spacial score (nSPS) is 15.8. The van der Waals surface area contributed by atoms with E-state index >= 15 is 0 Å². The molecule has 24 heavy (non-hydrogen) atoms. The molecule has 0 radical (unpaired) electrons. The summed E-state index contributed by atoms with van der Waals surface area (Å²) < 4.78 is 0. The maximum absolute atomic E-state index is 10.1. The molecule has 0 aromatic rings. The molecule has 0 aromatic carbocycles. The Morgan fingerprint density at radius 1 is 0.750 bits per heavy atom. The molecule has 4 unspecified atom stereocenters. The first kappa shape index (κ1) is 25.5. The minimum atomic E-state index is -1.67. The second-order valence-corrected chi connectivity index (χ2v) is 5.75. The molecule has 0 spiro atoms. The Morgan fingerprint density at radius 2 is 1.12 bits per heavy atom. The molecule has 0 aliphatic heterocycles. The molecular formula is C16H34O8. The molecular weight excluding hydrogens is 320 g/mol. The quantitative estimate of drug-likeness (QED) is 0.221. The van der Waals surface area contributed by atoms with Crippen molar-refractivity contribution in [3.8, 4) is 0 Å². The molecule has 0 aliphatic rings. The zero-order chi connectivity index (χ0) is 19.0. The van der Waals surface area contributed by atoms with E-state index in [0.717, 1.165) is 12.8 Å². The molecule has 8 nitrogen and oxygen atoms in total. The van der Waals surface area contributed by atoms with Crippen molar-refractivity contribution in [2.45, 2.75) is 82.7 Å². The van der Waals surface area contributed by atoms with Gasteiger partial charge in [-0.25, -0.2) is 0 Å². The molecule has 8 heteroatoms. The molecule has 0 amide bonds. The van der Waals surface area contributed by atoms with Crippen molar-refractivity contribution in [3.05, 3.63) is 0 Å². The van der Waals surface area contributed by atoms with Crippen LogP contribution in [0.4, 0.5) is 0 Å². The largest absolute Gasteiger partial charge is 0.481 e. The lowest BCUT2D eigenvalue weighted by atomic mass is 10.0. The highest BCUT2D eigenvalue weighted by Crippen LogP contribution is 2.08. The Bertz CT molecular complexity index is 273. The third-order valence-corrected chi connectivity index (χ3v) is 3.51. The summed E-state index contributed by atoms with van der Waals surface area (Å²) in [5, 5.41) is 60.5. The zero-order valence-electron chi connectivity index (χ0n) is 14.4. The second kappa shape index (κ2) is 17.1. The van der Waals surface area contributed by atoms with Crippen molar-refractivity contribution in [1.82, 2.24) is 0 Å². The van der Waals surface area contributed by atoms with Crippen LogP contribution in [0, 0.1) is 0 Å². The topological polar surface area (TPSA) is 159 Å². The van der Waals surface area contributed by atoms with Gasteiger partial charge in [0, 0.05) is 6.42 Å². The molecule has 7 N–H and O–H groups in total. The number of aliphatic hydroxyl groups is 6. The number of carboxylic acid groups (broad SMARTS) is 1. The van der Waals surface area contributed by atoms with Crippen LogP contribution in [0.25, 0.3) is 0 Å². The number of aliphatic carboxylic acids is 1. The van der Waals surface area contributed by atoms with Crippen LogP contribution in [-0.4, -0.2) is 79.3 Å². The molecule has 0 saturated carbocycles. The van der Waals surface area contributed by atoms with Crippen molar-refractivity contribution in [2.75, 3.05) is 13.2 Å². The first-order chi connectivity index (χ1) is 11.3. The molecule has 0 fully saturated rings.